The molecule has 100 valence electrons. The Bertz CT molecular complexity index is 586. The normalized spacial score (nSPS) is 14.4. The molecule has 1 aromatic carbocycles. The van der Waals surface area contributed by atoms with Crippen molar-refractivity contribution in [3.63, 3.8) is 0 Å². The summed E-state index contributed by atoms with van der Waals surface area (Å²) in [6.07, 6.45) is 7.56. The predicted molar refractivity (Wildman–Crippen MR) is 76.1 cm³/mol. The minimum absolute atomic E-state index is 0.147. The van der Waals surface area contributed by atoms with Crippen LogP contribution in [0.1, 0.15) is 29.8 Å². The lowest BCUT2D eigenvalue weighted by atomic mass is 9.90. The average molecular weight is 256 g/mol. The molecule has 1 N–H and O–H groups in total. The number of nitrogens with zero attached hydrogens (tertiary/aromatic N) is 2. The Kier molecular flexibility index (Phi) is 3.38. The van der Waals surface area contributed by atoms with Gasteiger partial charge in [0.15, 0.2) is 0 Å². The molecule has 1 aromatic heterocycles. The molecule has 0 aliphatic heterocycles. The fraction of sp³-hybridized carbons (Fsp3) is 0.438. The van der Waals surface area contributed by atoms with E-state index < -0.39 is 0 Å². The van der Waals surface area contributed by atoms with E-state index in [4.69, 9.17) is 5.11 Å². The van der Waals surface area contributed by atoms with Crippen LogP contribution in [0.15, 0.2) is 24.4 Å². The van der Waals surface area contributed by atoms with Crippen molar-refractivity contribution >= 4 is 0 Å². The van der Waals surface area contributed by atoms with Gasteiger partial charge in [-0.25, -0.2) is 4.98 Å². The van der Waals surface area contributed by atoms with E-state index in [1.807, 2.05) is 13.2 Å². The summed E-state index contributed by atoms with van der Waals surface area (Å²) in [6, 6.07) is 6.78. The molecule has 2 aromatic rings. The van der Waals surface area contributed by atoms with Gasteiger partial charge in [-0.15, -0.1) is 0 Å². The third kappa shape index (κ3) is 2.30. The van der Waals surface area contributed by atoms with Gasteiger partial charge < -0.3 is 9.67 Å². The fourth-order valence-electron chi connectivity index (χ4n) is 2.94. The largest absolute Gasteiger partial charge is 0.396 e. The highest BCUT2D eigenvalue weighted by atomic mass is 16.3. The van der Waals surface area contributed by atoms with Gasteiger partial charge >= 0.3 is 0 Å². The van der Waals surface area contributed by atoms with E-state index in [-0.39, 0.29) is 6.61 Å². The number of rotatable bonds is 3. The summed E-state index contributed by atoms with van der Waals surface area (Å²) in [5.74, 6) is 0.940. The van der Waals surface area contributed by atoms with Crippen LogP contribution in [0, 0.1) is 0 Å². The van der Waals surface area contributed by atoms with Crippen molar-refractivity contribution in [2.24, 2.45) is 7.05 Å². The van der Waals surface area contributed by atoms with Crippen molar-refractivity contribution in [1.29, 1.82) is 0 Å². The Morgan fingerprint density at radius 3 is 2.79 bits per heavy atom. The molecule has 3 nitrogen and oxygen atoms in total. The molecule has 0 saturated carbocycles. The first-order valence-corrected chi connectivity index (χ1v) is 7.03. The smallest absolute Gasteiger partial charge is 0.111 e. The van der Waals surface area contributed by atoms with Crippen molar-refractivity contribution < 1.29 is 5.11 Å². The number of benzene rings is 1. The SMILES string of the molecule is Cn1c(-c2ccc3c(c2)CCCC3)cnc1CCO. The van der Waals surface area contributed by atoms with E-state index in [1.165, 1.54) is 42.4 Å². The topological polar surface area (TPSA) is 38.0 Å². The summed E-state index contributed by atoms with van der Waals surface area (Å²) in [5.41, 5.74) is 5.37. The van der Waals surface area contributed by atoms with Gasteiger partial charge in [-0.3, -0.25) is 0 Å². The van der Waals surface area contributed by atoms with E-state index in [0.29, 0.717) is 6.42 Å². The van der Waals surface area contributed by atoms with Crippen molar-refractivity contribution in [2.75, 3.05) is 6.61 Å². The maximum absolute atomic E-state index is 9.03. The maximum Gasteiger partial charge on any atom is 0.111 e. The zero-order valence-electron chi connectivity index (χ0n) is 11.4. The summed E-state index contributed by atoms with van der Waals surface area (Å²) in [7, 11) is 2.02. The molecule has 1 aliphatic carbocycles. The monoisotopic (exact) mass is 256 g/mol. The highest BCUT2D eigenvalue weighted by molar-refractivity contribution is 5.61. The Hall–Kier alpha value is -1.61. The number of aliphatic hydroxyl groups is 1. The van der Waals surface area contributed by atoms with E-state index in [1.54, 1.807) is 0 Å². The molecule has 0 radical (unpaired) electrons. The number of hydrogen-bond donors (Lipinski definition) is 1. The van der Waals surface area contributed by atoms with E-state index in [0.717, 1.165) is 11.5 Å². The van der Waals surface area contributed by atoms with Crippen LogP contribution in [0.3, 0.4) is 0 Å². The van der Waals surface area contributed by atoms with Gasteiger partial charge in [0.25, 0.3) is 0 Å². The van der Waals surface area contributed by atoms with Crippen LogP contribution in [0.4, 0.5) is 0 Å². The average Bonchev–Trinajstić information content (AvgIpc) is 2.80. The standard InChI is InChI=1S/C16H20N2O/c1-18-15(11-17-16(18)8-9-19)14-7-6-12-4-2-3-5-13(12)10-14/h6-7,10-11,19H,2-5,8-9H2,1H3. The predicted octanol–water partition coefficient (Wildman–Crippen LogP) is 2.50. The molecule has 1 heterocycles. The Balaban J connectivity index is 1.98. The summed E-state index contributed by atoms with van der Waals surface area (Å²) in [5, 5.41) is 9.03. The van der Waals surface area contributed by atoms with Crippen LogP contribution >= 0.6 is 0 Å². The Morgan fingerprint density at radius 1 is 1.21 bits per heavy atom. The number of hydrogen-bond acceptors (Lipinski definition) is 2. The third-order valence-electron chi connectivity index (χ3n) is 4.06. The van der Waals surface area contributed by atoms with E-state index in [2.05, 4.69) is 27.8 Å². The number of imidazole rings is 1. The lowest BCUT2D eigenvalue weighted by Crippen LogP contribution is -2.04. The first kappa shape index (κ1) is 12.4. The van der Waals surface area contributed by atoms with Crippen LogP contribution < -0.4 is 0 Å². The van der Waals surface area contributed by atoms with E-state index in [9.17, 15) is 0 Å². The fourth-order valence-corrected chi connectivity index (χ4v) is 2.94. The highest BCUT2D eigenvalue weighted by Gasteiger charge is 2.13. The molecule has 0 unspecified atom stereocenters. The van der Waals surface area contributed by atoms with Gasteiger partial charge in [0.05, 0.1) is 18.5 Å². The second kappa shape index (κ2) is 5.17. The quantitative estimate of drug-likeness (QED) is 0.916. The maximum atomic E-state index is 9.03. The van der Waals surface area contributed by atoms with Crippen LogP contribution in [0.25, 0.3) is 11.3 Å². The number of aromatic nitrogens is 2. The minimum Gasteiger partial charge on any atom is -0.396 e. The second-order valence-corrected chi connectivity index (χ2v) is 5.28. The highest BCUT2D eigenvalue weighted by Crippen LogP contribution is 2.27. The molecule has 0 amide bonds. The van der Waals surface area contributed by atoms with Gasteiger partial charge in [0.1, 0.15) is 5.82 Å². The van der Waals surface area contributed by atoms with Gasteiger partial charge in [0.2, 0.25) is 0 Å². The van der Waals surface area contributed by atoms with Gasteiger partial charge in [-0.2, -0.15) is 0 Å². The Labute approximate surface area is 113 Å². The molecule has 0 bridgehead atoms. The van der Waals surface area contributed by atoms with Crippen LogP contribution in [0.5, 0.6) is 0 Å². The molecule has 3 rings (SSSR count). The van der Waals surface area contributed by atoms with E-state index >= 15 is 0 Å². The number of fused-ring (bicyclic) bond motifs is 1. The van der Waals surface area contributed by atoms with Crippen LogP contribution in [-0.2, 0) is 26.3 Å². The minimum atomic E-state index is 0.147. The molecule has 1 aliphatic rings. The second-order valence-electron chi connectivity index (χ2n) is 5.28. The molecule has 0 saturated heterocycles. The Morgan fingerprint density at radius 2 is 2.00 bits per heavy atom. The first-order valence-electron chi connectivity index (χ1n) is 7.03. The lowest BCUT2D eigenvalue weighted by Gasteiger charge is -2.16. The molecule has 0 fully saturated rings. The molecule has 3 heteroatoms. The zero-order chi connectivity index (χ0) is 13.2. The molecule has 0 atom stereocenters. The summed E-state index contributed by atoms with van der Waals surface area (Å²) in [4.78, 5) is 4.40. The summed E-state index contributed by atoms with van der Waals surface area (Å²) >= 11 is 0. The van der Waals surface area contributed by atoms with Gasteiger partial charge in [-0.05, 0) is 42.9 Å². The van der Waals surface area contributed by atoms with Crippen LogP contribution in [0.2, 0.25) is 0 Å². The van der Waals surface area contributed by atoms with Crippen molar-refractivity contribution in [1.82, 2.24) is 9.55 Å². The number of aryl methyl sites for hydroxylation is 2. The van der Waals surface area contributed by atoms with Gasteiger partial charge in [-0.1, -0.05) is 12.1 Å². The van der Waals surface area contributed by atoms with Crippen molar-refractivity contribution in [3.05, 3.63) is 41.3 Å². The molecular weight excluding hydrogens is 236 g/mol. The molecule has 0 spiro atoms. The van der Waals surface area contributed by atoms with Gasteiger partial charge in [0, 0.05) is 19.0 Å². The summed E-state index contributed by atoms with van der Waals surface area (Å²) < 4.78 is 2.08. The first-order chi connectivity index (χ1) is 9.29. The number of aliphatic hydroxyl groups excluding tert-OH is 1. The molecular formula is C16H20N2O. The zero-order valence-corrected chi connectivity index (χ0v) is 11.4. The molecule has 19 heavy (non-hydrogen) atoms. The lowest BCUT2D eigenvalue weighted by molar-refractivity contribution is 0.295. The van der Waals surface area contributed by atoms with Crippen molar-refractivity contribution in [3.8, 4) is 11.3 Å². The van der Waals surface area contributed by atoms with Crippen LogP contribution in [-0.4, -0.2) is 21.3 Å². The van der Waals surface area contributed by atoms with Crippen molar-refractivity contribution in [2.45, 2.75) is 32.1 Å². The third-order valence-corrected chi connectivity index (χ3v) is 4.06. The summed E-state index contributed by atoms with van der Waals surface area (Å²) in [6.45, 7) is 0.147.